The molecule has 0 aliphatic carbocycles. The van der Waals surface area contributed by atoms with Gasteiger partial charge >= 0.3 is 5.97 Å². The Labute approximate surface area is 176 Å². The smallest absolute Gasteiger partial charge is 0.309 e. The number of aliphatic hydroxyl groups is 1. The molecule has 0 aromatic rings. The quantitative estimate of drug-likeness (QED) is 0.280. The molecule has 0 fully saturated rings. The number of aliphatic carboxylic acids is 1. The maximum atomic E-state index is 11.0. The lowest BCUT2D eigenvalue weighted by Crippen LogP contribution is -2.22. The van der Waals surface area contributed by atoms with Crippen LogP contribution in [0.25, 0.3) is 0 Å². The Morgan fingerprint density at radius 1 is 0.963 bits per heavy atom. The van der Waals surface area contributed by atoms with Crippen LogP contribution in [0.5, 0.6) is 0 Å². The second-order valence-corrected chi connectivity index (χ2v) is 6.15. The minimum Gasteiger partial charge on any atom is -0.481 e. The van der Waals surface area contributed by atoms with Crippen LogP contribution in [-0.4, -0.2) is 22.3 Å². The molecule has 1 unspecified atom stereocenters. The highest BCUT2D eigenvalue weighted by molar-refractivity contribution is 5.73. The molecule has 0 aromatic heterocycles. The van der Waals surface area contributed by atoms with E-state index in [9.17, 15) is 9.90 Å². The molecule has 0 spiro atoms. The van der Waals surface area contributed by atoms with Gasteiger partial charge in [0, 0.05) is 11.0 Å². The van der Waals surface area contributed by atoms with E-state index in [0.717, 1.165) is 30.4 Å². The van der Waals surface area contributed by atoms with Gasteiger partial charge in [0.05, 0.1) is 11.5 Å². The fourth-order valence-corrected chi connectivity index (χ4v) is 1.55. The lowest BCUT2D eigenvalue weighted by atomic mass is 9.89. The van der Waals surface area contributed by atoms with Gasteiger partial charge in [-0.2, -0.15) is 0 Å². The summed E-state index contributed by atoms with van der Waals surface area (Å²) < 4.78 is 61.9. The van der Waals surface area contributed by atoms with Gasteiger partial charge in [0.1, 0.15) is 0 Å². The zero-order valence-corrected chi connectivity index (χ0v) is 16.2. The van der Waals surface area contributed by atoms with E-state index < -0.39 is 43.0 Å². The molecule has 0 saturated carbocycles. The Kier molecular flexibility index (Phi) is 8.31. The number of hydrogen-bond donors (Lipinski definition) is 2. The van der Waals surface area contributed by atoms with Crippen molar-refractivity contribution in [2.24, 2.45) is 5.41 Å². The number of rotatable bonds is 14. The van der Waals surface area contributed by atoms with E-state index in [1.165, 1.54) is 31.2 Å². The third-order valence-corrected chi connectivity index (χ3v) is 3.25. The second-order valence-electron chi connectivity index (χ2n) is 6.15. The first-order valence-electron chi connectivity index (χ1n) is 12.7. The lowest BCUT2D eigenvalue weighted by molar-refractivity contribution is -0.146. The molecular weight excluding hydrogens is 336 g/mol. The maximum Gasteiger partial charge on any atom is 0.309 e. The van der Waals surface area contributed by atoms with E-state index in [-0.39, 0.29) is 0 Å². The zero-order chi connectivity index (χ0) is 27.6. The van der Waals surface area contributed by atoms with Gasteiger partial charge in [0.15, 0.2) is 0 Å². The SMILES string of the molecule is [2H]C([2H])(C)/C=C\C([2H])([2H])/C=C\C([2H])([2H])C(O)/C=C/C=C\C([2H])([2H])/C=C\C/C=C\CC(C)(C)C(=O)O. The number of carbonyl (C=O) groups is 1. The van der Waals surface area contributed by atoms with Crippen molar-refractivity contribution in [1.82, 2.24) is 0 Å². The number of carboxylic acids is 1. The summed E-state index contributed by atoms with van der Waals surface area (Å²) in [5.41, 5.74) is -0.866. The molecule has 2 N–H and O–H groups in total. The van der Waals surface area contributed by atoms with Crippen LogP contribution in [0.4, 0.5) is 0 Å². The average molecular weight is 381 g/mol. The highest BCUT2D eigenvalue weighted by Gasteiger charge is 2.24. The average Bonchev–Trinajstić information content (AvgIpc) is 2.70. The van der Waals surface area contributed by atoms with Gasteiger partial charge in [-0.3, -0.25) is 4.79 Å². The van der Waals surface area contributed by atoms with Crippen LogP contribution in [0, 0.1) is 5.41 Å². The van der Waals surface area contributed by atoms with E-state index in [0.29, 0.717) is 12.8 Å². The molecule has 0 aromatic carbocycles. The minimum absolute atomic E-state index is 0.357. The molecule has 0 heterocycles. The molecule has 0 radical (unpaired) electrons. The van der Waals surface area contributed by atoms with Crippen LogP contribution in [0.2, 0.25) is 0 Å². The van der Waals surface area contributed by atoms with Crippen LogP contribution in [0.15, 0.2) is 72.9 Å². The highest BCUT2D eigenvalue weighted by atomic mass is 16.4. The Morgan fingerprint density at radius 3 is 2.30 bits per heavy atom. The summed E-state index contributed by atoms with van der Waals surface area (Å²) in [5, 5.41) is 19.1. The van der Waals surface area contributed by atoms with Crippen molar-refractivity contribution in [3.63, 3.8) is 0 Å². The van der Waals surface area contributed by atoms with Gasteiger partial charge in [-0.25, -0.2) is 0 Å². The molecule has 0 aliphatic heterocycles. The first kappa shape index (κ1) is 14.0. The molecule has 3 nitrogen and oxygen atoms in total. The summed E-state index contributed by atoms with van der Waals surface area (Å²) in [6.07, 6.45) is 6.38. The van der Waals surface area contributed by atoms with Crippen LogP contribution >= 0.6 is 0 Å². The topological polar surface area (TPSA) is 57.5 Å². The Bertz CT molecular complexity index is 860. The molecule has 150 valence electrons. The Balaban J connectivity index is 4.91. The molecule has 27 heavy (non-hydrogen) atoms. The maximum absolute atomic E-state index is 11.0. The van der Waals surface area contributed by atoms with Crippen LogP contribution in [0.3, 0.4) is 0 Å². The summed E-state index contributed by atoms with van der Waals surface area (Å²) in [6.45, 7) is 4.50. The molecule has 0 aliphatic rings. The normalized spacial score (nSPS) is 21.3. The second kappa shape index (κ2) is 16.1. The first-order chi connectivity index (χ1) is 15.7. The minimum atomic E-state index is -2.31. The number of hydrogen-bond acceptors (Lipinski definition) is 2. The van der Waals surface area contributed by atoms with Crippen molar-refractivity contribution >= 4 is 5.97 Å². The van der Waals surface area contributed by atoms with Crippen LogP contribution < -0.4 is 0 Å². The van der Waals surface area contributed by atoms with E-state index >= 15 is 0 Å². The standard InChI is InChI=1S/C24H36O3/c1-4-5-6-7-13-16-19-22(25)20-17-14-11-9-8-10-12-15-18-21-24(2,3)23(26)27/h5-6,8,10-11,13-18,20,22,25H,4,7,9,12,19,21H2,1-3H3,(H,26,27)/b6-5-,10-8-,14-11-,16-13-,18-15-,20-17+/i4D2,7D2,9D2,19D2. The van der Waals surface area contributed by atoms with Crippen LogP contribution in [-0.2, 0) is 4.79 Å². The lowest BCUT2D eigenvalue weighted by Gasteiger charge is -2.15. The van der Waals surface area contributed by atoms with E-state index in [1.807, 2.05) is 0 Å². The number of carboxylic acid groups (broad SMARTS) is 1. The number of allylic oxidation sites excluding steroid dienone is 10. The molecule has 3 heteroatoms. The zero-order valence-electron chi connectivity index (χ0n) is 24.2. The molecule has 0 saturated heterocycles. The Hall–Kier alpha value is -2.13. The fraction of sp³-hybridized carbons (Fsp3) is 0.458. The molecular formula is C24H36O3. The molecule has 0 amide bonds. The van der Waals surface area contributed by atoms with Crippen molar-refractivity contribution in [2.45, 2.75) is 65.2 Å². The summed E-state index contributed by atoms with van der Waals surface area (Å²) in [5.74, 6) is -0.891. The third kappa shape index (κ3) is 15.8. The van der Waals surface area contributed by atoms with Gasteiger partial charge in [-0.05, 0) is 52.2 Å². The van der Waals surface area contributed by atoms with E-state index in [2.05, 4.69) is 0 Å². The van der Waals surface area contributed by atoms with Gasteiger partial charge in [0.25, 0.3) is 0 Å². The van der Waals surface area contributed by atoms with Crippen LogP contribution in [0.1, 0.15) is 70.1 Å². The molecule has 1 atom stereocenters. The summed E-state index contributed by atoms with van der Waals surface area (Å²) >= 11 is 0. The van der Waals surface area contributed by atoms with Gasteiger partial charge in [-0.15, -0.1) is 0 Å². The predicted molar refractivity (Wildman–Crippen MR) is 116 cm³/mol. The van der Waals surface area contributed by atoms with Gasteiger partial charge < -0.3 is 10.2 Å². The predicted octanol–water partition coefficient (Wildman–Crippen LogP) is 6.16. The van der Waals surface area contributed by atoms with Crippen molar-refractivity contribution in [2.75, 3.05) is 0 Å². The van der Waals surface area contributed by atoms with Crippen molar-refractivity contribution in [3.8, 4) is 0 Å². The van der Waals surface area contributed by atoms with Crippen molar-refractivity contribution in [3.05, 3.63) is 72.9 Å². The molecule has 0 rings (SSSR count). The first-order valence-corrected chi connectivity index (χ1v) is 8.70. The van der Waals surface area contributed by atoms with Gasteiger partial charge in [-0.1, -0.05) is 79.8 Å². The van der Waals surface area contributed by atoms with Crippen molar-refractivity contribution in [1.29, 1.82) is 0 Å². The summed E-state index contributed by atoms with van der Waals surface area (Å²) in [7, 11) is 0. The largest absolute Gasteiger partial charge is 0.481 e. The number of aliphatic hydroxyl groups excluding tert-OH is 1. The highest BCUT2D eigenvalue weighted by Crippen LogP contribution is 2.20. The third-order valence-electron chi connectivity index (χ3n) is 3.25. The van der Waals surface area contributed by atoms with Gasteiger partial charge in [0.2, 0.25) is 0 Å². The Morgan fingerprint density at radius 2 is 1.59 bits per heavy atom. The molecule has 0 bridgehead atoms. The summed E-state index contributed by atoms with van der Waals surface area (Å²) in [4.78, 5) is 11.0. The monoisotopic (exact) mass is 380 g/mol. The van der Waals surface area contributed by atoms with E-state index in [4.69, 9.17) is 16.1 Å². The van der Waals surface area contributed by atoms with E-state index in [1.54, 1.807) is 32.1 Å². The van der Waals surface area contributed by atoms with Crippen molar-refractivity contribution < 1.29 is 26.0 Å². The summed E-state index contributed by atoms with van der Waals surface area (Å²) in [6, 6.07) is 0. The fourth-order valence-electron chi connectivity index (χ4n) is 1.55.